The van der Waals surface area contributed by atoms with Crippen molar-refractivity contribution < 1.29 is 9.53 Å². The molecule has 2 bridgehead atoms. The number of fused-ring (bicyclic) bond motifs is 4. The third-order valence-electron chi connectivity index (χ3n) is 6.20. The molecular formula is C22H27N3O4. The van der Waals surface area contributed by atoms with E-state index in [2.05, 4.69) is 0 Å². The Bertz CT molecular complexity index is 1070. The Labute approximate surface area is 169 Å². The second kappa shape index (κ2) is 7.63. The van der Waals surface area contributed by atoms with Gasteiger partial charge in [0.05, 0.1) is 6.61 Å². The van der Waals surface area contributed by atoms with Gasteiger partial charge in [-0.15, -0.1) is 0 Å². The first kappa shape index (κ1) is 19.6. The molecule has 0 radical (unpaired) electrons. The maximum absolute atomic E-state index is 13.4. The van der Waals surface area contributed by atoms with Gasteiger partial charge in [0.2, 0.25) is 0 Å². The van der Waals surface area contributed by atoms with Gasteiger partial charge in [0.1, 0.15) is 5.56 Å². The van der Waals surface area contributed by atoms with Crippen LogP contribution in [0.4, 0.5) is 0 Å². The molecule has 2 aromatic heterocycles. The van der Waals surface area contributed by atoms with Crippen LogP contribution in [-0.4, -0.2) is 46.7 Å². The quantitative estimate of drug-likeness (QED) is 0.784. The summed E-state index contributed by atoms with van der Waals surface area (Å²) in [5, 5.41) is 0. The fourth-order valence-corrected chi connectivity index (χ4v) is 4.87. The minimum atomic E-state index is -0.253. The lowest BCUT2D eigenvalue weighted by molar-refractivity contribution is 0.0591. The van der Waals surface area contributed by atoms with E-state index in [1.54, 1.807) is 28.7 Å². The van der Waals surface area contributed by atoms with E-state index in [1.165, 1.54) is 0 Å². The summed E-state index contributed by atoms with van der Waals surface area (Å²) < 4.78 is 8.57. The number of piperidine rings is 1. The van der Waals surface area contributed by atoms with Crippen molar-refractivity contribution in [1.82, 2.24) is 14.0 Å². The predicted octanol–water partition coefficient (Wildman–Crippen LogP) is 1.53. The van der Waals surface area contributed by atoms with Crippen LogP contribution < -0.4 is 11.1 Å². The van der Waals surface area contributed by atoms with Crippen LogP contribution in [0.2, 0.25) is 0 Å². The van der Waals surface area contributed by atoms with Crippen LogP contribution in [0.3, 0.4) is 0 Å². The van der Waals surface area contributed by atoms with E-state index in [0.717, 1.165) is 17.8 Å². The van der Waals surface area contributed by atoms with Crippen molar-refractivity contribution >= 4 is 5.91 Å². The van der Waals surface area contributed by atoms with Crippen LogP contribution in [0.5, 0.6) is 0 Å². The number of aryl methyl sites for hydroxylation is 2. The molecule has 2 aromatic rings. The number of pyridine rings is 2. The monoisotopic (exact) mass is 397 g/mol. The standard InChI is InChI=1S/C22H27N3O4/c1-14-9-15(2)24(7-8-29-3)22(28)20(14)21(27)23-11-16-10-17(13-23)18-5-4-6-19(26)25(18)12-16/h4-6,9,16-17H,7-8,10-13H2,1-3H3/t16-,17?/m1/s1. The van der Waals surface area contributed by atoms with Crippen LogP contribution in [0, 0.1) is 19.8 Å². The Morgan fingerprint density at radius 1 is 1.17 bits per heavy atom. The van der Waals surface area contributed by atoms with Crippen molar-refractivity contribution in [1.29, 1.82) is 0 Å². The van der Waals surface area contributed by atoms with Crippen LogP contribution in [0.25, 0.3) is 0 Å². The molecular weight excluding hydrogens is 370 g/mol. The first-order valence-electron chi connectivity index (χ1n) is 10.1. The third-order valence-corrected chi connectivity index (χ3v) is 6.20. The molecule has 7 heteroatoms. The SMILES string of the molecule is COCCn1c(C)cc(C)c(C(=O)N2CC3C[C@H](C2)Cn2c3cccc2=O)c1=O. The van der Waals surface area contributed by atoms with E-state index in [0.29, 0.717) is 38.3 Å². The average Bonchev–Trinajstić information content (AvgIpc) is 2.68. The summed E-state index contributed by atoms with van der Waals surface area (Å²) in [6, 6.07) is 7.24. The van der Waals surface area contributed by atoms with E-state index >= 15 is 0 Å². The molecule has 2 atom stereocenters. The topological polar surface area (TPSA) is 73.5 Å². The average molecular weight is 397 g/mol. The lowest BCUT2D eigenvalue weighted by atomic mass is 9.83. The summed E-state index contributed by atoms with van der Waals surface area (Å²) in [5.41, 5.74) is 2.54. The van der Waals surface area contributed by atoms with Crippen LogP contribution in [-0.2, 0) is 17.8 Å². The zero-order valence-corrected chi connectivity index (χ0v) is 17.2. The van der Waals surface area contributed by atoms with Gasteiger partial charge in [-0.25, -0.2) is 0 Å². The molecule has 0 saturated carbocycles. The lowest BCUT2D eigenvalue weighted by Crippen LogP contribution is -2.50. The molecule has 7 nitrogen and oxygen atoms in total. The van der Waals surface area contributed by atoms with E-state index < -0.39 is 0 Å². The Morgan fingerprint density at radius 3 is 2.72 bits per heavy atom. The predicted molar refractivity (Wildman–Crippen MR) is 110 cm³/mol. The zero-order valence-electron chi connectivity index (χ0n) is 17.2. The first-order valence-corrected chi connectivity index (χ1v) is 10.1. The minimum absolute atomic E-state index is 0.0207. The van der Waals surface area contributed by atoms with Gasteiger partial charge in [-0.05, 0) is 43.9 Å². The highest BCUT2D eigenvalue weighted by molar-refractivity contribution is 5.95. The summed E-state index contributed by atoms with van der Waals surface area (Å²) in [5.74, 6) is 0.147. The summed E-state index contributed by atoms with van der Waals surface area (Å²) in [4.78, 5) is 40.5. The van der Waals surface area contributed by atoms with Gasteiger partial charge >= 0.3 is 0 Å². The Balaban J connectivity index is 1.67. The molecule has 1 fully saturated rings. The highest BCUT2D eigenvalue weighted by Gasteiger charge is 2.37. The van der Waals surface area contributed by atoms with Crippen LogP contribution in [0.1, 0.15) is 39.6 Å². The molecule has 1 amide bonds. The number of methoxy groups -OCH3 is 1. The minimum Gasteiger partial charge on any atom is -0.383 e. The molecule has 154 valence electrons. The number of carbonyl (C=O) groups excluding carboxylic acids is 1. The number of hydrogen-bond acceptors (Lipinski definition) is 4. The molecule has 0 aliphatic carbocycles. The molecule has 1 unspecified atom stereocenters. The number of carbonyl (C=O) groups is 1. The van der Waals surface area contributed by atoms with E-state index in [1.807, 2.05) is 30.5 Å². The van der Waals surface area contributed by atoms with Crippen LogP contribution >= 0.6 is 0 Å². The second-order valence-corrected chi connectivity index (χ2v) is 8.20. The normalized spacial score (nSPS) is 20.4. The largest absolute Gasteiger partial charge is 0.383 e. The summed E-state index contributed by atoms with van der Waals surface area (Å²) in [7, 11) is 1.59. The highest BCUT2D eigenvalue weighted by Crippen LogP contribution is 2.35. The Hall–Kier alpha value is -2.67. The molecule has 1 saturated heterocycles. The van der Waals surface area contributed by atoms with Gasteiger partial charge in [0.25, 0.3) is 17.0 Å². The van der Waals surface area contributed by atoms with Crippen molar-refractivity contribution in [3.05, 3.63) is 67.5 Å². The molecule has 0 spiro atoms. The van der Waals surface area contributed by atoms with Crippen molar-refractivity contribution in [2.24, 2.45) is 5.92 Å². The Morgan fingerprint density at radius 2 is 1.97 bits per heavy atom. The summed E-state index contributed by atoms with van der Waals surface area (Å²) in [6.07, 6.45) is 0.970. The molecule has 2 aliphatic heterocycles. The lowest BCUT2D eigenvalue weighted by Gasteiger charge is -2.42. The number of likely N-dealkylation sites (tertiary alicyclic amines) is 1. The number of amides is 1. The number of ether oxygens (including phenoxy) is 1. The third kappa shape index (κ3) is 3.44. The van der Waals surface area contributed by atoms with E-state index in [-0.39, 0.29) is 34.4 Å². The van der Waals surface area contributed by atoms with Crippen molar-refractivity contribution in [2.75, 3.05) is 26.8 Å². The number of hydrogen-bond donors (Lipinski definition) is 0. The molecule has 29 heavy (non-hydrogen) atoms. The van der Waals surface area contributed by atoms with Crippen molar-refractivity contribution in [2.45, 2.75) is 39.3 Å². The number of aromatic nitrogens is 2. The molecule has 4 heterocycles. The fourth-order valence-electron chi connectivity index (χ4n) is 4.87. The maximum Gasteiger partial charge on any atom is 0.263 e. The van der Waals surface area contributed by atoms with Crippen molar-refractivity contribution in [3.8, 4) is 0 Å². The van der Waals surface area contributed by atoms with Crippen LogP contribution in [0.15, 0.2) is 33.9 Å². The second-order valence-electron chi connectivity index (χ2n) is 8.20. The summed E-state index contributed by atoms with van der Waals surface area (Å²) in [6.45, 7) is 6.26. The van der Waals surface area contributed by atoms with E-state index in [4.69, 9.17) is 4.74 Å². The van der Waals surface area contributed by atoms with Gasteiger partial charge in [-0.1, -0.05) is 6.07 Å². The molecule has 4 rings (SSSR count). The number of nitrogens with zero attached hydrogens (tertiary/aromatic N) is 3. The van der Waals surface area contributed by atoms with Gasteiger partial charge in [-0.3, -0.25) is 14.4 Å². The van der Waals surface area contributed by atoms with Gasteiger partial charge < -0.3 is 18.8 Å². The highest BCUT2D eigenvalue weighted by atomic mass is 16.5. The molecule has 0 aromatic carbocycles. The molecule has 0 N–H and O–H groups in total. The smallest absolute Gasteiger partial charge is 0.263 e. The van der Waals surface area contributed by atoms with Gasteiger partial charge in [0, 0.05) is 56.7 Å². The zero-order chi connectivity index (χ0) is 20.7. The maximum atomic E-state index is 13.4. The van der Waals surface area contributed by atoms with Gasteiger partial charge in [0.15, 0.2) is 0 Å². The Kier molecular flexibility index (Phi) is 5.17. The number of rotatable bonds is 4. The van der Waals surface area contributed by atoms with E-state index in [9.17, 15) is 14.4 Å². The van der Waals surface area contributed by atoms with Crippen molar-refractivity contribution in [3.63, 3.8) is 0 Å². The fraction of sp³-hybridized carbons (Fsp3) is 0.500. The molecule has 2 aliphatic rings. The summed E-state index contributed by atoms with van der Waals surface area (Å²) >= 11 is 0. The first-order chi connectivity index (χ1) is 13.9. The van der Waals surface area contributed by atoms with Gasteiger partial charge in [-0.2, -0.15) is 0 Å².